The third-order valence-corrected chi connectivity index (χ3v) is 7.36. The van der Waals surface area contributed by atoms with E-state index in [1.807, 2.05) is 60.1 Å². The molecule has 3 heterocycles. The van der Waals surface area contributed by atoms with E-state index in [-0.39, 0.29) is 23.1 Å². The van der Waals surface area contributed by atoms with E-state index in [0.29, 0.717) is 12.2 Å². The Bertz CT molecular complexity index is 1530. The van der Waals surface area contributed by atoms with Crippen LogP contribution in [0.15, 0.2) is 65.7 Å². The first-order valence-corrected chi connectivity index (χ1v) is 13.3. The van der Waals surface area contributed by atoms with Crippen LogP contribution in [0.25, 0.3) is 22.5 Å². The summed E-state index contributed by atoms with van der Waals surface area (Å²) in [6.45, 7) is 3.63. The van der Waals surface area contributed by atoms with Gasteiger partial charge < -0.3 is 14.8 Å². The quantitative estimate of drug-likeness (QED) is 0.387. The molecule has 0 bridgehead atoms. The van der Waals surface area contributed by atoms with Crippen LogP contribution >= 0.6 is 0 Å². The molecule has 1 aliphatic carbocycles. The highest BCUT2D eigenvalue weighted by atomic mass is 16.2. The molecule has 2 aromatic carbocycles. The summed E-state index contributed by atoms with van der Waals surface area (Å²) < 4.78 is 3.65. The summed E-state index contributed by atoms with van der Waals surface area (Å²) >= 11 is 0. The van der Waals surface area contributed by atoms with Gasteiger partial charge in [0, 0.05) is 43.4 Å². The van der Waals surface area contributed by atoms with Crippen LogP contribution in [0.4, 0.5) is 5.69 Å². The molecule has 0 radical (unpaired) electrons. The Morgan fingerprint density at radius 2 is 1.79 bits per heavy atom. The third kappa shape index (κ3) is 5.02. The van der Waals surface area contributed by atoms with Crippen molar-refractivity contribution in [2.45, 2.75) is 38.1 Å². The van der Waals surface area contributed by atoms with E-state index in [1.54, 1.807) is 10.9 Å². The lowest BCUT2D eigenvalue weighted by Crippen LogP contribution is -2.33. The first kappa shape index (κ1) is 24.2. The lowest BCUT2D eigenvalue weighted by Gasteiger charge is -2.18. The molecule has 0 unspecified atom stereocenters. The molecule has 2 aliphatic rings. The van der Waals surface area contributed by atoms with Gasteiger partial charge in [-0.2, -0.15) is 0 Å². The van der Waals surface area contributed by atoms with Crippen LogP contribution in [0.1, 0.15) is 47.9 Å². The van der Waals surface area contributed by atoms with Crippen molar-refractivity contribution in [3.8, 4) is 22.5 Å². The van der Waals surface area contributed by atoms with E-state index in [2.05, 4.69) is 25.4 Å². The van der Waals surface area contributed by atoms with Gasteiger partial charge in [0.2, 0.25) is 0 Å². The molecule has 1 saturated heterocycles. The van der Waals surface area contributed by atoms with Crippen molar-refractivity contribution in [3.05, 3.63) is 82.8 Å². The summed E-state index contributed by atoms with van der Waals surface area (Å²) in [5.74, 6) is 1.38. The minimum atomic E-state index is -0.380. The van der Waals surface area contributed by atoms with Crippen molar-refractivity contribution in [2.24, 2.45) is 7.05 Å². The summed E-state index contributed by atoms with van der Waals surface area (Å²) in [6.07, 6.45) is 6.12. The van der Waals surface area contributed by atoms with Crippen molar-refractivity contribution in [1.29, 1.82) is 0 Å². The monoisotopic (exact) mass is 509 g/mol. The summed E-state index contributed by atoms with van der Waals surface area (Å²) in [4.78, 5) is 33.4. The molecule has 1 aliphatic heterocycles. The van der Waals surface area contributed by atoms with Crippen molar-refractivity contribution in [1.82, 2.24) is 29.2 Å². The van der Waals surface area contributed by atoms with Crippen LogP contribution in [0.2, 0.25) is 0 Å². The first-order valence-electron chi connectivity index (χ1n) is 13.3. The lowest BCUT2D eigenvalue weighted by molar-refractivity contribution is 0.102. The van der Waals surface area contributed by atoms with E-state index >= 15 is 0 Å². The molecule has 194 valence electrons. The Kier molecular flexibility index (Phi) is 6.59. The molecule has 9 heteroatoms. The van der Waals surface area contributed by atoms with Crippen LogP contribution in [0.5, 0.6) is 0 Å². The topological polar surface area (TPSA) is 97.9 Å². The van der Waals surface area contributed by atoms with Gasteiger partial charge in [0.15, 0.2) is 5.82 Å². The van der Waals surface area contributed by atoms with Crippen LogP contribution in [-0.2, 0) is 13.6 Å². The number of carbonyl (C=O) groups excluding carboxylic acids is 1. The molecule has 0 spiro atoms. The highest BCUT2D eigenvalue weighted by Gasteiger charge is 2.30. The molecule has 6 rings (SSSR count). The number of anilines is 1. The Labute approximate surface area is 221 Å². The molecule has 9 nitrogen and oxygen atoms in total. The fraction of sp³-hybridized carbons (Fsp3) is 0.345. The number of aromatic nitrogens is 5. The van der Waals surface area contributed by atoms with Gasteiger partial charge in [-0.05, 0) is 62.0 Å². The standard InChI is InChI=1S/C29H31N7O2/c1-34-19-30-33-28(34)24-10-3-2-9-23(24)21-7-6-8-22(17-21)31-29(38)25-18-26(37)36(27(32-25)20-11-12-20)16-15-35-13-4-5-14-35/h2-3,6-10,17-20H,4-5,11-16H2,1H3,(H,31,38). The van der Waals surface area contributed by atoms with Crippen LogP contribution in [0.3, 0.4) is 0 Å². The zero-order chi connectivity index (χ0) is 26.1. The Hall–Kier alpha value is -4.11. The number of benzene rings is 2. The van der Waals surface area contributed by atoms with Gasteiger partial charge in [0.25, 0.3) is 11.5 Å². The number of amides is 1. The van der Waals surface area contributed by atoms with Gasteiger partial charge in [-0.3, -0.25) is 14.2 Å². The Balaban J connectivity index is 1.24. The first-order chi connectivity index (χ1) is 18.6. The van der Waals surface area contributed by atoms with Crippen LogP contribution < -0.4 is 10.9 Å². The van der Waals surface area contributed by atoms with E-state index in [4.69, 9.17) is 0 Å². The van der Waals surface area contributed by atoms with Gasteiger partial charge in [-0.15, -0.1) is 10.2 Å². The second-order valence-corrected chi connectivity index (χ2v) is 10.2. The SMILES string of the molecule is Cn1cnnc1-c1ccccc1-c1cccc(NC(=O)c2cc(=O)n(CCN3CCCC3)c(C3CC3)n2)c1. The van der Waals surface area contributed by atoms with Gasteiger partial charge >= 0.3 is 0 Å². The second kappa shape index (κ2) is 10.3. The molecule has 2 aromatic heterocycles. The molecule has 1 saturated carbocycles. The largest absolute Gasteiger partial charge is 0.321 e. The number of carbonyl (C=O) groups is 1. The van der Waals surface area contributed by atoms with Crippen molar-refractivity contribution in [3.63, 3.8) is 0 Å². The Morgan fingerprint density at radius 3 is 2.53 bits per heavy atom. The molecule has 38 heavy (non-hydrogen) atoms. The fourth-order valence-corrected chi connectivity index (χ4v) is 5.18. The zero-order valence-electron chi connectivity index (χ0n) is 21.5. The molecule has 1 amide bonds. The van der Waals surface area contributed by atoms with Gasteiger partial charge in [-0.1, -0.05) is 36.4 Å². The highest BCUT2D eigenvalue weighted by Crippen LogP contribution is 2.38. The van der Waals surface area contributed by atoms with E-state index in [9.17, 15) is 9.59 Å². The average molecular weight is 510 g/mol. The molecule has 0 atom stereocenters. The van der Waals surface area contributed by atoms with Gasteiger partial charge in [0.1, 0.15) is 17.8 Å². The lowest BCUT2D eigenvalue weighted by atomic mass is 9.98. The maximum Gasteiger partial charge on any atom is 0.274 e. The van der Waals surface area contributed by atoms with Crippen molar-refractivity contribution < 1.29 is 4.79 Å². The molecule has 4 aromatic rings. The Morgan fingerprint density at radius 1 is 1.00 bits per heavy atom. The number of hydrogen-bond acceptors (Lipinski definition) is 6. The normalized spacial score (nSPS) is 15.6. The highest BCUT2D eigenvalue weighted by molar-refractivity contribution is 6.03. The number of hydrogen-bond donors (Lipinski definition) is 1. The van der Waals surface area contributed by atoms with E-state index in [1.165, 1.54) is 18.9 Å². The third-order valence-electron chi connectivity index (χ3n) is 7.36. The summed E-state index contributed by atoms with van der Waals surface area (Å²) in [5, 5.41) is 11.2. The van der Waals surface area contributed by atoms with Crippen LogP contribution in [-0.4, -0.2) is 54.8 Å². The number of aryl methyl sites for hydroxylation is 1. The number of nitrogens with zero attached hydrogens (tertiary/aromatic N) is 6. The fourth-order valence-electron chi connectivity index (χ4n) is 5.18. The smallest absolute Gasteiger partial charge is 0.274 e. The molecule has 1 N–H and O–H groups in total. The predicted octanol–water partition coefficient (Wildman–Crippen LogP) is 3.93. The minimum absolute atomic E-state index is 0.155. The predicted molar refractivity (Wildman–Crippen MR) is 146 cm³/mol. The molecule has 2 fully saturated rings. The van der Waals surface area contributed by atoms with Crippen LogP contribution in [0, 0.1) is 0 Å². The van der Waals surface area contributed by atoms with Gasteiger partial charge in [0.05, 0.1) is 0 Å². The number of likely N-dealkylation sites (tertiary alicyclic amines) is 1. The minimum Gasteiger partial charge on any atom is -0.321 e. The summed E-state index contributed by atoms with van der Waals surface area (Å²) in [5.41, 5.74) is 3.51. The zero-order valence-corrected chi connectivity index (χ0v) is 21.5. The van der Waals surface area contributed by atoms with Crippen molar-refractivity contribution in [2.75, 3.05) is 25.0 Å². The maximum absolute atomic E-state index is 13.2. The van der Waals surface area contributed by atoms with Crippen molar-refractivity contribution >= 4 is 11.6 Å². The maximum atomic E-state index is 13.2. The van der Waals surface area contributed by atoms with Gasteiger partial charge in [-0.25, -0.2) is 4.98 Å². The van der Waals surface area contributed by atoms with E-state index in [0.717, 1.165) is 60.8 Å². The molecular weight excluding hydrogens is 478 g/mol. The number of rotatable bonds is 8. The molecular formula is C29H31N7O2. The second-order valence-electron chi connectivity index (χ2n) is 10.2. The average Bonchev–Trinajstić information content (AvgIpc) is 3.47. The summed E-state index contributed by atoms with van der Waals surface area (Å²) in [6, 6.07) is 17.0. The number of nitrogens with one attached hydrogen (secondary N) is 1. The summed E-state index contributed by atoms with van der Waals surface area (Å²) in [7, 11) is 1.91. The van der Waals surface area contributed by atoms with E-state index < -0.39 is 0 Å².